The van der Waals surface area contributed by atoms with Crippen LogP contribution in [0, 0.1) is 0 Å². The molecule has 3 heterocycles. The van der Waals surface area contributed by atoms with Gasteiger partial charge in [-0.2, -0.15) is 16.7 Å². The molecule has 120 valence electrons. The van der Waals surface area contributed by atoms with Crippen LogP contribution < -0.4 is 15.5 Å². The molecule has 0 spiro atoms. The van der Waals surface area contributed by atoms with Gasteiger partial charge in [0.15, 0.2) is 0 Å². The van der Waals surface area contributed by atoms with Gasteiger partial charge in [-0.15, -0.1) is 0 Å². The number of hydrogen-bond acceptors (Lipinski definition) is 6. The van der Waals surface area contributed by atoms with Gasteiger partial charge in [0, 0.05) is 55.7 Å². The number of thioether (sulfide) groups is 1. The maximum Gasteiger partial charge on any atom is 0.227 e. The van der Waals surface area contributed by atoms with Gasteiger partial charge < -0.3 is 15.5 Å². The van der Waals surface area contributed by atoms with Crippen LogP contribution in [-0.4, -0.2) is 53.7 Å². The summed E-state index contributed by atoms with van der Waals surface area (Å²) in [5, 5.41) is 0. The molecule has 1 saturated carbocycles. The molecule has 6 heteroatoms. The van der Waals surface area contributed by atoms with Crippen molar-refractivity contribution in [1.29, 1.82) is 0 Å². The molecule has 2 N–H and O–H groups in total. The first-order valence-corrected chi connectivity index (χ1v) is 9.67. The van der Waals surface area contributed by atoms with Crippen LogP contribution >= 0.6 is 11.8 Å². The summed E-state index contributed by atoms with van der Waals surface area (Å²) < 4.78 is 0. The standard InChI is InChI=1S/C16H25N5S/c17-13-9-12(10-13)14-11-15(20-5-7-22-8-6-20)19-16(18-14)21-3-1-2-4-21/h11-13H,1-10,17H2. The maximum absolute atomic E-state index is 5.98. The molecule has 4 rings (SSSR count). The molecule has 5 nitrogen and oxygen atoms in total. The highest BCUT2D eigenvalue weighted by molar-refractivity contribution is 7.99. The van der Waals surface area contributed by atoms with Crippen LogP contribution in [0.25, 0.3) is 0 Å². The fraction of sp³-hybridized carbons (Fsp3) is 0.750. The Kier molecular flexibility index (Phi) is 4.13. The van der Waals surface area contributed by atoms with Crippen LogP contribution in [0.2, 0.25) is 0 Å². The smallest absolute Gasteiger partial charge is 0.227 e. The molecule has 0 radical (unpaired) electrons. The molecule has 22 heavy (non-hydrogen) atoms. The first kappa shape index (κ1) is 14.6. The highest BCUT2D eigenvalue weighted by Gasteiger charge is 2.30. The second kappa shape index (κ2) is 6.24. The van der Waals surface area contributed by atoms with Crippen LogP contribution in [0.15, 0.2) is 6.07 Å². The third-order valence-electron chi connectivity index (χ3n) is 5.04. The maximum atomic E-state index is 5.98. The lowest BCUT2D eigenvalue weighted by Crippen LogP contribution is -2.37. The molecule has 1 aromatic heterocycles. The molecule has 2 aliphatic heterocycles. The largest absolute Gasteiger partial charge is 0.355 e. The van der Waals surface area contributed by atoms with Crippen molar-refractivity contribution in [3.63, 3.8) is 0 Å². The van der Waals surface area contributed by atoms with E-state index in [2.05, 4.69) is 15.9 Å². The van der Waals surface area contributed by atoms with Crippen LogP contribution in [0.1, 0.15) is 37.3 Å². The van der Waals surface area contributed by atoms with Crippen molar-refractivity contribution in [1.82, 2.24) is 9.97 Å². The summed E-state index contributed by atoms with van der Waals surface area (Å²) in [6.45, 7) is 4.40. The Balaban J connectivity index is 1.63. The molecule has 1 aliphatic carbocycles. The topological polar surface area (TPSA) is 58.3 Å². The van der Waals surface area contributed by atoms with E-state index in [1.807, 2.05) is 11.8 Å². The second-order valence-electron chi connectivity index (χ2n) is 6.67. The zero-order valence-corrected chi connectivity index (χ0v) is 13.9. The predicted octanol–water partition coefficient (Wildman–Crippen LogP) is 1.83. The summed E-state index contributed by atoms with van der Waals surface area (Å²) in [5.41, 5.74) is 7.19. The van der Waals surface area contributed by atoms with Crippen molar-refractivity contribution in [3.8, 4) is 0 Å². The van der Waals surface area contributed by atoms with Crippen molar-refractivity contribution in [3.05, 3.63) is 11.8 Å². The molecule has 0 aromatic carbocycles. The van der Waals surface area contributed by atoms with E-state index in [4.69, 9.17) is 15.7 Å². The van der Waals surface area contributed by atoms with E-state index in [0.717, 1.165) is 50.8 Å². The number of hydrogen-bond donors (Lipinski definition) is 1. The van der Waals surface area contributed by atoms with Crippen LogP contribution in [0.5, 0.6) is 0 Å². The van der Waals surface area contributed by atoms with Crippen molar-refractivity contribution in [2.24, 2.45) is 5.73 Å². The van der Waals surface area contributed by atoms with Gasteiger partial charge in [-0.25, -0.2) is 4.98 Å². The van der Waals surface area contributed by atoms with Crippen LogP contribution in [0.3, 0.4) is 0 Å². The Morgan fingerprint density at radius 3 is 2.41 bits per heavy atom. The molecule has 0 bridgehead atoms. The second-order valence-corrected chi connectivity index (χ2v) is 7.90. The summed E-state index contributed by atoms with van der Waals surface area (Å²) in [4.78, 5) is 14.6. The Bertz CT molecular complexity index is 519. The minimum Gasteiger partial charge on any atom is -0.355 e. The Hall–Kier alpha value is -1.01. The van der Waals surface area contributed by atoms with Crippen molar-refractivity contribution >= 4 is 23.5 Å². The fourth-order valence-corrected chi connectivity index (χ4v) is 4.47. The molecule has 1 aromatic rings. The van der Waals surface area contributed by atoms with E-state index in [0.29, 0.717) is 12.0 Å². The van der Waals surface area contributed by atoms with Gasteiger partial charge in [-0.1, -0.05) is 0 Å². The lowest BCUT2D eigenvalue weighted by atomic mass is 9.78. The van der Waals surface area contributed by atoms with Crippen molar-refractivity contribution in [2.45, 2.75) is 37.6 Å². The van der Waals surface area contributed by atoms with Gasteiger partial charge in [0.25, 0.3) is 0 Å². The van der Waals surface area contributed by atoms with Gasteiger partial charge in [0.05, 0.1) is 5.69 Å². The summed E-state index contributed by atoms with van der Waals surface area (Å²) in [6, 6.07) is 2.59. The molecule has 0 atom stereocenters. The van der Waals surface area contributed by atoms with E-state index in [1.54, 1.807) is 0 Å². The van der Waals surface area contributed by atoms with Crippen LogP contribution in [-0.2, 0) is 0 Å². The molecular weight excluding hydrogens is 294 g/mol. The molecular formula is C16H25N5S. The Morgan fingerprint density at radius 2 is 1.73 bits per heavy atom. The zero-order valence-electron chi connectivity index (χ0n) is 13.1. The average molecular weight is 319 g/mol. The zero-order chi connectivity index (χ0) is 14.9. The van der Waals surface area contributed by atoms with Gasteiger partial charge in [-0.3, -0.25) is 0 Å². The number of nitrogens with zero attached hydrogens (tertiary/aromatic N) is 4. The van der Waals surface area contributed by atoms with E-state index >= 15 is 0 Å². The van der Waals surface area contributed by atoms with E-state index in [-0.39, 0.29) is 0 Å². The fourth-order valence-electron chi connectivity index (χ4n) is 3.57. The first-order chi connectivity index (χ1) is 10.8. The molecule has 0 unspecified atom stereocenters. The van der Waals surface area contributed by atoms with E-state index < -0.39 is 0 Å². The van der Waals surface area contributed by atoms with Gasteiger partial charge >= 0.3 is 0 Å². The van der Waals surface area contributed by atoms with Gasteiger partial charge in [0.2, 0.25) is 5.95 Å². The minimum absolute atomic E-state index is 0.366. The summed E-state index contributed by atoms with van der Waals surface area (Å²) in [7, 11) is 0. The number of aromatic nitrogens is 2. The molecule has 3 aliphatic rings. The minimum atomic E-state index is 0.366. The Labute approximate surface area is 136 Å². The van der Waals surface area contributed by atoms with E-state index in [9.17, 15) is 0 Å². The summed E-state index contributed by atoms with van der Waals surface area (Å²) >= 11 is 2.04. The highest BCUT2D eigenvalue weighted by Crippen LogP contribution is 2.37. The highest BCUT2D eigenvalue weighted by atomic mass is 32.2. The van der Waals surface area contributed by atoms with E-state index in [1.165, 1.54) is 30.0 Å². The Morgan fingerprint density at radius 1 is 1.00 bits per heavy atom. The predicted molar refractivity (Wildman–Crippen MR) is 93.0 cm³/mol. The molecule has 3 fully saturated rings. The van der Waals surface area contributed by atoms with Crippen LogP contribution in [0.4, 0.5) is 11.8 Å². The third-order valence-corrected chi connectivity index (χ3v) is 5.98. The summed E-state index contributed by atoms with van der Waals surface area (Å²) in [6.07, 6.45) is 4.67. The average Bonchev–Trinajstić information content (AvgIpc) is 3.07. The van der Waals surface area contributed by atoms with Crippen molar-refractivity contribution < 1.29 is 0 Å². The lowest BCUT2D eigenvalue weighted by molar-refractivity contribution is 0.345. The molecule has 0 amide bonds. The number of nitrogens with two attached hydrogens (primary N) is 1. The van der Waals surface area contributed by atoms with Gasteiger partial charge in [0.1, 0.15) is 5.82 Å². The summed E-state index contributed by atoms with van der Waals surface area (Å²) in [5.74, 6) is 5.02. The molecule has 2 saturated heterocycles. The normalized spacial score (nSPS) is 28.8. The lowest BCUT2D eigenvalue weighted by Gasteiger charge is -2.34. The third kappa shape index (κ3) is 2.91. The number of rotatable bonds is 3. The van der Waals surface area contributed by atoms with Crippen molar-refractivity contribution in [2.75, 3.05) is 47.5 Å². The number of anilines is 2. The van der Waals surface area contributed by atoms with Gasteiger partial charge in [-0.05, 0) is 25.7 Å². The SMILES string of the molecule is NC1CC(c2cc(N3CCSCC3)nc(N3CCCC3)n2)C1. The quantitative estimate of drug-likeness (QED) is 0.917. The first-order valence-electron chi connectivity index (χ1n) is 8.52. The monoisotopic (exact) mass is 319 g/mol.